The van der Waals surface area contributed by atoms with Crippen molar-refractivity contribution in [2.24, 2.45) is 11.8 Å². The summed E-state index contributed by atoms with van der Waals surface area (Å²) in [6, 6.07) is 7.95. The molecule has 4 rings (SSSR count). The fourth-order valence-corrected chi connectivity index (χ4v) is 4.45. The SMILES string of the molecule is C[C@H]1CN([C@@H](C)CO)C(=O)c2cccc(NC(=O)C3CC3)c2O[C@@H]1CN(C)C(=O)Nc1ccc(C(F)(F)F)cc1. The van der Waals surface area contributed by atoms with Crippen molar-refractivity contribution in [2.75, 3.05) is 37.4 Å². The Balaban J connectivity index is 1.57. The van der Waals surface area contributed by atoms with Gasteiger partial charge in [0.05, 0.1) is 36.0 Å². The van der Waals surface area contributed by atoms with Gasteiger partial charge >= 0.3 is 12.2 Å². The molecule has 0 unspecified atom stereocenters. The van der Waals surface area contributed by atoms with Gasteiger partial charge in [0.2, 0.25) is 5.91 Å². The molecule has 1 heterocycles. The van der Waals surface area contributed by atoms with Crippen molar-refractivity contribution >= 4 is 29.2 Å². The number of nitrogens with zero attached hydrogens (tertiary/aromatic N) is 2. The van der Waals surface area contributed by atoms with Crippen molar-refractivity contribution in [2.45, 2.75) is 45.0 Å². The first kappa shape index (κ1) is 29.2. The molecule has 1 fully saturated rings. The number of urea groups is 1. The molecule has 1 aliphatic carbocycles. The van der Waals surface area contributed by atoms with E-state index < -0.39 is 29.9 Å². The highest BCUT2D eigenvalue weighted by molar-refractivity contribution is 6.02. The highest BCUT2D eigenvalue weighted by Crippen LogP contribution is 2.37. The number of amides is 4. The Kier molecular flexibility index (Phi) is 8.57. The first-order chi connectivity index (χ1) is 18.9. The van der Waals surface area contributed by atoms with Gasteiger partial charge in [-0.15, -0.1) is 0 Å². The van der Waals surface area contributed by atoms with Gasteiger partial charge in [0.15, 0.2) is 5.75 Å². The molecule has 0 radical (unpaired) electrons. The minimum atomic E-state index is -4.49. The molecule has 0 saturated heterocycles. The molecule has 0 bridgehead atoms. The van der Waals surface area contributed by atoms with Crippen molar-refractivity contribution in [3.8, 4) is 5.75 Å². The molecule has 0 aromatic heterocycles. The number of likely N-dealkylation sites (N-methyl/N-ethyl adjacent to an activating group) is 1. The number of benzene rings is 2. The van der Waals surface area contributed by atoms with Gasteiger partial charge in [-0.3, -0.25) is 9.59 Å². The van der Waals surface area contributed by atoms with Crippen LogP contribution >= 0.6 is 0 Å². The Morgan fingerprint density at radius 2 is 1.82 bits per heavy atom. The van der Waals surface area contributed by atoms with Crippen LogP contribution in [0.25, 0.3) is 0 Å². The van der Waals surface area contributed by atoms with Gasteiger partial charge in [-0.1, -0.05) is 13.0 Å². The van der Waals surface area contributed by atoms with E-state index in [0.717, 1.165) is 25.0 Å². The van der Waals surface area contributed by atoms with Crippen LogP contribution in [-0.2, 0) is 11.0 Å². The Labute approximate surface area is 230 Å². The molecule has 40 heavy (non-hydrogen) atoms. The lowest BCUT2D eigenvalue weighted by atomic mass is 9.99. The van der Waals surface area contributed by atoms with Crippen LogP contribution < -0.4 is 15.4 Å². The summed E-state index contributed by atoms with van der Waals surface area (Å²) in [5, 5.41) is 15.3. The normalized spacial score (nSPS) is 20.0. The van der Waals surface area contributed by atoms with Crippen molar-refractivity contribution in [3.63, 3.8) is 0 Å². The highest BCUT2D eigenvalue weighted by atomic mass is 19.4. The summed E-state index contributed by atoms with van der Waals surface area (Å²) in [7, 11) is 1.52. The number of ether oxygens (including phenoxy) is 1. The van der Waals surface area contributed by atoms with Gasteiger partial charge in [0.1, 0.15) is 6.10 Å². The molecule has 9 nitrogen and oxygen atoms in total. The van der Waals surface area contributed by atoms with Crippen LogP contribution in [0.15, 0.2) is 42.5 Å². The molecule has 2 aromatic rings. The van der Waals surface area contributed by atoms with E-state index in [0.29, 0.717) is 5.69 Å². The standard InChI is InChI=1S/C28H33F3N4O5/c1-16-13-35(17(2)15-36)26(38)21-5-4-6-22(33-25(37)18-7-8-18)24(21)40-23(16)14-34(3)27(39)32-20-11-9-19(10-12-20)28(29,30)31/h4-6,9-12,16-18,23,36H,7-8,13-15H2,1-3H3,(H,32,39)(H,33,37)/t16-,17-,23+/m0/s1. The summed E-state index contributed by atoms with van der Waals surface area (Å²) in [6.07, 6.45) is -3.54. The van der Waals surface area contributed by atoms with Gasteiger partial charge in [-0.2, -0.15) is 13.2 Å². The summed E-state index contributed by atoms with van der Waals surface area (Å²) < 4.78 is 45.0. The van der Waals surface area contributed by atoms with Crippen molar-refractivity contribution in [3.05, 3.63) is 53.6 Å². The predicted octanol–water partition coefficient (Wildman–Crippen LogP) is 4.44. The number of rotatable bonds is 7. The van der Waals surface area contributed by atoms with Crippen LogP contribution in [0.1, 0.15) is 42.6 Å². The maximum atomic E-state index is 13.5. The number of aliphatic hydroxyl groups excluding tert-OH is 1. The quantitative estimate of drug-likeness (QED) is 0.462. The summed E-state index contributed by atoms with van der Waals surface area (Å²) in [6.45, 7) is 3.62. The van der Waals surface area contributed by atoms with Gasteiger partial charge in [0, 0.05) is 31.1 Å². The summed E-state index contributed by atoms with van der Waals surface area (Å²) in [4.78, 5) is 41.9. The van der Waals surface area contributed by atoms with E-state index in [4.69, 9.17) is 4.74 Å². The van der Waals surface area contributed by atoms with Crippen molar-refractivity contribution < 1.29 is 37.4 Å². The Morgan fingerprint density at radius 1 is 1.15 bits per heavy atom. The Hall–Kier alpha value is -3.80. The molecule has 0 spiro atoms. The van der Waals surface area contributed by atoms with Gasteiger partial charge < -0.3 is 30.3 Å². The third-order valence-corrected chi connectivity index (χ3v) is 7.16. The molecule has 3 N–H and O–H groups in total. The maximum absolute atomic E-state index is 13.5. The van der Waals surface area contributed by atoms with Crippen molar-refractivity contribution in [1.82, 2.24) is 9.80 Å². The number of para-hydroxylation sites is 1. The Morgan fingerprint density at radius 3 is 2.42 bits per heavy atom. The monoisotopic (exact) mass is 562 g/mol. The average Bonchev–Trinajstić information content (AvgIpc) is 3.76. The number of aliphatic hydroxyl groups is 1. The number of hydrogen-bond acceptors (Lipinski definition) is 5. The van der Waals surface area contributed by atoms with E-state index in [1.807, 2.05) is 6.92 Å². The van der Waals surface area contributed by atoms with E-state index in [2.05, 4.69) is 10.6 Å². The predicted molar refractivity (Wildman–Crippen MR) is 142 cm³/mol. The molecule has 216 valence electrons. The van der Waals surface area contributed by atoms with E-state index in [-0.39, 0.29) is 60.3 Å². The minimum absolute atomic E-state index is 0.0630. The van der Waals surface area contributed by atoms with E-state index in [9.17, 15) is 32.7 Å². The largest absolute Gasteiger partial charge is 0.485 e. The summed E-state index contributed by atoms with van der Waals surface area (Å²) in [5.74, 6) is -0.715. The highest BCUT2D eigenvalue weighted by Gasteiger charge is 2.36. The van der Waals surface area contributed by atoms with Gasteiger partial charge in [-0.05, 0) is 56.2 Å². The van der Waals surface area contributed by atoms with E-state index in [1.54, 1.807) is 30.0 Å². The number of fused-ring (bicyclic) bond motifs is 1. The van der Waals surface area contributed by atoms with Crippen molar-refractivity contribution in [1.29, 1.82) is 0 Å². The smallest absolute Gasteiger partial charge is 0.416 e. The van der Waals surface area contributed by atoms with E-state index in [1.165, 1.54) is 24.1 Å². The summed E-state index contributed by atoms with van der Waals surface area (Å²) in [5.41, 5.74) is -0.0616. The lowest BCUT2D eigenvalue weighted by molar-refractivity contribution is -0.137. The minimum Gasteiger partial charge on any atom is -0.485 e. The molecule has 3 atom stereocenters. The third-order valence-electron chi connectivity index (χ3n) is 7.16. The fourth-order valence-electron chi connectivity index (χ4n) is 4.45. The zero-order chi connectivity index (χ0) is 29.2. The van der Waals surface area contributed by atoms with Crippen LogP contribution in [0.2, 0.25) is 0 Å². The lowest BCUT2D eigenvalue weighted by Crippen LogP contribution is -2.50. The average molecular weight is 563 g/mol. The second-order valence-corrected chi connectivity index (χ2v) is 10.5. The van der Waals surface area contributed by atoms with Crippen LogP contribution in [0.3, 0.4) is 0 Å². The molecule has 2 aromatic carbocycles. The lowest BCUT2D eigenvalue weighted by Gasteiger charge is -2.38. The maximum Gasteiger partial charge on any atom is 0.416 e. The van der Waals surface area contributed by atoms with Crippen LogP contribution in [-0.4, -0.2) is 71.6 Å². The zero-order valence-corrected chi connectivity index (χ0v) is 22.5. The summed E-state index contributed by atoms with van der Waals surface area (Å²) >= 11 is 0. The molecular formula is C28H33F3N4O5. The second-order valence-electron chi connectivity index (χ2n) is 10.5. The molecule has 4 amide bonds. The molecule has 1 saturated carbocycles. The first-order valence-electron chi connectivity index (χ1n) is 13.1. The number of carbonyl (C=O) groups is 3. The molecule has 12 heteroatoms. The third kappa shape index (κ3) is 6.67. The number of alkyl halides is 3. The number of halogens is 3. The number of hydrogen-bond donors (Lipinski definition) is 3. The van der Waals surface area contributed by atoms with Gasteiger partial charge in [0.25, 0.3) is 5.91 Å². The van der Waals surface area contributed by atoms with E-state index >= 15 is 0 Å². The second kappa shape index (κ2) is 11.7. The zero-order valence-electron chi connectivity index (χ0n) is 22.5. The Bertz CT molecular complexity index is 1250. The number of nitrogens with one attached hydrogen (secondary N) is 2. The van der Waals surface area contributed by atoms with Crippen LogP contribution in [0.4, 0.5) is 29.3 Å². The van der Waals surface area contributed by atoms with Gasteiger partial charge in [-0.25, -0.2) is 4.79 Å². The number of carbonyl (C=O) groups excluding carboxylic acids is 3. The van der Waals surface area contributed by atoms with Crippen LogP contribution in [0, 0.1) is 11.8 Å². The molecular weight excluding hydrogens is 529 g/mol. The molecule has 2 aliphatic rings. The van der Waals surface area contributed by atoms with Crippen LogP contribution in [0.5, 0.6) is 5.75 Å². The molecule has 1 aliphatic heterocycles. The fraction of sp³-hybridized carbons (Fsp3) is 0.464. The first-order valence-corrected chi connectivity index (χ1v) is 13.1. The topological polar surface area (TPSA) is 111 Å². The number of anilines is 2.